The predicted molar refractivity (Wildman–Crippen MR) is 74.8 cm³/mol. The van der Waals surface area contributed by atoms with Crippen LogP contribution >= 0.6 is 11.6 Å². The standard InChI is InChI=1S/C14H19ClN2O/c1-2-7-17(9-10-3-4-10)14(18)11-5-6-13(16)12(15)8-11/h5-6,8,10H,2-4,7,9,16H2,1H3. The van der Waals surface area contributed by atoms with Crippen LogP contribution in [0.15, 0.2) is 18.2 Å². The molecule has 18 heavy (non-hydrogen) atoms. The first-order valence-electron chi connectivity index (χ1n) is 6.46. The number of nitrogen functional groups attached to an aromatic ring is 1. The van der Waals surface area contributed by atoms with Crippen molar-refractivity contribution in [1.82, 2.24) is 4.90 Å². The van der Waals surface area contributed by atoms with Gasteiger partial charge in [0.25, 0.3) is 5.91 Å². The van der Waals surface area contributed by atoms with Crippen molar-refractivity contribution in [3.8, 4) is 0 Å². The van der Waals surface area contributed by atoms with Crippen molar-refractivity contribution in [2.75, 3.05) is 18.8 Å². The Morgan fingerprint density at radius 1 is 1.50 bits per heavy atom. The lowest BCUT2D eigenvalue weighted by Crippen LogP contribution is -2.33. The van der Waals surface area contributed by atoms with Gasteiger partial charge in [0.15, 0.2) is 0 Å². The van der Waals surface area contributed by atoms with Crippen molar-refractivity contribution >= 4 is 23.2 Å². The molecule has 1 saturated carbocycles. The van der Waals surface area contributed by atoms with Crippen molar-refractivity contribution < 1.29 is 4.79 Å². The molecule has 1 aromatic carbocycles. The van der Waals surface area contributed by atoms with Crippen LogP contribution in [0.1, 0.15) is 36.5 Å². The first kappa shape index (κ1) is 13.2. The maximum Gasteiger partial charge on any atom is 0.253 e. The zero-order chi connectivity index (χ0) is 13.1. The van der Waals surface area contributed by atoms with Gasteiger partial charge in [0, 0.05) is 18.7 Å². The number of anilines is 1. The Labute approximate surface area is 113 Å². The summed E-state index contributed by atoms with van der Waals surface area (Å²) in [6, 6.07) is 5.10. The smallest absolute Gasteiger partial charge is 0.253 e. The maximum atomic E-state index is 12.4. The Bertz CT molecular complexity index is 443. The van der Waals surface area contributed by atoms with Crippen LogP contribution in [-0.4, -0.2) is 23.9 Å². The topological polar surface area (TPSA) is 46.3 Å². The highest BCUT2D eigenvalue weighted by atomic mass is 35.5. The number of hydrogen-bond acceptors (Lipinski definition) is 2. The van der Waals surface area contributed by atoms with E-state index in [2.05, 4.69) is 6.92 Å². The average molecular weight is 267 g/mol. The molecule has 4 heteroatoms. The summed E-state index contributed by atoms with van der Waals surface area (Å²) in [5, 5.41) is 0.448. The van der Waals surface area contributed by atoms with E-state index < -0.39 is 0 Å². The van der Waals surface area contributed by atoms with E-state index in [0.29, 0.717) is 22.2 Å². The number of rotatable bonds is 5. The molecule has 2 N–H and O–H groups in total. The molecule has 1 amide bonds. The van der Waals surface area contributed by atoms with Crippen molar-refractivity contribution in [1.29, 1.82) is 0 Å². The lowest BCUT2D eigenvalue weighted by molar-refractivity contribution is 0.0748. The van der Waals surface area contributed by atoms with Crippen LogP contribution in [0, 0.1) is 5.92 Å². The van der Waals surface area contributed by atoms with Crippen molar-refractivity contribution in [2.45, 2.75) is 26.2 Å². The Morgan fingerprint density at radius 2 is 2.22 bits per heavy atom. The number of benzene rings is 1. The molecule has 0 aliphatic heterocycles. The molecule has 1 aliphatic carbocycles. The summed E-state index contributed by atoms with van der Waals surface area (Å²) in [4.78, 5) is 14.3. The summed E-state index contributed by atoms with van der Waals surface area (Å²) in [7, 11) is 0. The normalized spacial score (nSPS) is 14.6. The van der Waals surface area contributed by atoms with Crippen molar-refractivity contribution in [3.05, 3.63) is 28.8 Å². The molecule has 1 aliphatic rings. The number of carbonyl (C=O) groups is 1. The van der Waals surface area contributed by atoms with Gasteiger partial charge in [0.05, 0.1) is 10.7 Å². The van der Waals surface area contributed by atoms with E-state index in [-0.39, 0.29) is 5.91 Å². The zero-order valence-electron chi connectivity index (χ0n) is 10.7. The molecular weight excluding hydrogens is 248 g/mol. The summed E-state index contributed by atoms with van der Waals surface area (Å²) in [6.07, 6.45) is 3.47. The number of halogens is 1. The van der Waals surface area contributed by atoms with E-state index in [0.717, 1.165) is 19.5 Å². The molecule has 2 rings (SSSR count). The Balaban J connectivity index is 2.12. The second-order valence-electron chi connectivity index (χ2n) is 4.93. The molecule has 1 fully saturated rings. The zero-order valence-corrected chi connectivity index (χ0v) is 11.4. The van der Waals surface area contributed by atoms with E-state index in [4.69, 9.17) is 17.3 Å². The summed E-state index contributed by atoms with van der Waals surface area (Å²) in [6.45, 7) is 3.76. The fourth-order valence-corrected chi connectivity index (χ4v) is 2.18. The minimum absolute atomic E-state index is 0.0608. The van der Waals surface area contributed by atoms with Crippen LogP contribution in [0.2, 0.25) is 5.02 Å². The van der Waals surface area contributed by atoms with E-state index in [1.165, 1.54) is 12.8 Å². The minimum atomic E-state index is 0.0608. The molecule has 0 spiro atoms. The van der Waals surface area contributed by atoms with Gasteiger partial charge in [-0.15, -0.1) is 0 Å². The maximum absolute atomic E-state index is 12.4. The summed E-state index contributed by atoms with van der Waals surface area (Å²) in [5.74, 6) is 0.760. The molecule has 0 saturated heterocycles. The van der Waals surface area contributed by atoms with Gasteiger partial charge in [0.2, 0.25) is 0 Å². The summed E-state index contributed by atoms with van der Waals surface area (Å²) in [5.41, 5.74) is 6.80. The average Bonchev–Trinajstić information content (AvgIpc) is 3.15. The first-order chi connectivity index (χ1) is 8.61. The molecule has 98 valence electrons. The molecule has 0 unspecified atom stereocenters. The highest BCUT2D eigenvalue weighted by molar-refractivity contribution is 6.33. The number of hydrogen-bond donors (Lipinski definition) is 1. The number of nitrogens with zero attached hydrogens (tertiary/aromatic N) is 1. The molecule has 0 radical (unpaired) electrons. The van der Waals surface area contributed by atoms with E-state index >= 15 is 0 Å². The molecule has 3 nitrogen and oxygen atoms in total. The van der Waals surface area contributed by atoms with Crippen LogP contribution in [0.5, 0.6) is 0 Å². The second-order valence-corrected chi connectivity index (χ2v) is 5.34. The number of amides is 1. The highest BCUT2D eigenvalue weighted by Crippen LogP contribution is 2.30. The molecule has 1 aromatic rings. The molecule has 0 heterocycles. The van der Waals surface area contributed by atoms with Gasteiger partial charge in [-0.1, -0.05) is 18.5 Å². The van der Waals surface area contributed by atoms with Gasteiger partial charge >= 0.3 is 0 Å². The van der Waals surface area contributed by atoms with Crippen LogP contribution in [-0.2, 0) is 0 Å². The minimum Gasteiger partial charge on any atom is -0.398 e. The van der Waals surface area contributed by atoms with Gasteiger partial charge < -0.3 is 10.6 Å². The Morgan fingerprint density at radius 3 is 2.78 bits per heavy atom. The van der Waals surface area contributed by atoms with Crippen LogP contribution in [0.3, 0.4) is 0 Å². The molecule has 0 aromatic heterocycles. The third-order valence-corrected chi connectivity index (χ3v) is 3.53. The van der Waals surface area contributed by atoms with E-state index in [9.17, 15) is 4.79 Å². The first-order valence-corrected chi connectivity index (χ1v) is 6.84. The van der Waals surface area contributed by atoms with Crippen molar-refractivity contribution in [2.24, 2.45) is 5.92 Å². The van der Waals surface area contributed by atoms with Gasteiger partial charge in [-0.2, -0.15) is 0 Å². The van der Waals surface area contributed by atoms with Gasteiger partial charge in [-0.3, -0.25) is 4.79 Å². The quantitative estimate of drug-likeness (QED) is 0.832. The molecule has 0 atom stereocenters. The van der Waals surface area contributed by atoms with Gasteiger partial charge in [-0.05, 0) is 43.4 Å². The second kappa shape index (κ2) is 5.61. The SMILES string of the molecule is CCCN(CC1CC1)C(=O)c1ccc(N)c(Cl)c1. The summed E-state index contributed by atoms with van der Waals surface area (Å²) >= 11 is 5.96. The van der Waals surface area contributed by atoms with E-state index in [1.807, 2.05) is 4.90 Å². The lowest BCUT2D eigenvalue weighted by Gasteiger charge is -2.22. The Hall–Kier alpha value is -1.22. The fraction of sp³-hybridized carbons (Fsp3) is 0.500. The highest BCUT2D eigenvalue weighted by Gasteiger charge is 2.26. The van der Waals surface area contributed by atoms with Crippen LogP contribution in [0.25, 0.3) is 0 Å². The third-order valence-electron chi connectivity index (χ3n) is 3.20. The van der Waals surface area contributed by atoms with Crippen LogP contribution in [0.4, 0.5) is 5.69 Å². The van der Waals surface area contributed by atoms with Crippen LogP contribution < -0.4 is 5.73 Å². The third kappa shape index (κ3) is 3.16. The van der Waals surface area contributed by atoms with E-state index in [1.54, 1.807) is 18.2 Å². The Kier molecular flexibility index (Phi) is 4.12. The summed E-state index contributed by atoms with van der Waals surface area (Å²) < 4.78 is 0. The molecular formula is C14H19ClN2O. The van der Waals surface area contributed by atoms with Gasteiger partial charge in [0.1, 0.15) is 0 Å². The largest absolute Gasteiger partial charge is 0.398 e. The fourth-order valence-electron chi connectivity index (χ4n) is 2.00. The van der Waals surface area contributed by atoms with Gasteiger partial charge in [-0.25, -0.2) is 0 Å². The van der Waals surface area contributed by atoms with Crippen molar-refractivity contribution in [3.63, 3.8) is 0 Å². The number of carbonyl (C=O) groups excluding carboxylic acids is 1. The predicted octanol–water partition coefficient (Wildman–Crippen LogP) is 3.18. The number of nitrogens with two attached hydrogens (primary N) is 1. The lowest BCUT2D eigenvalue weighted by atomic mass is 10.1. The monoisotopic (exact) mass is 266 g/mol. The molecule has 0 bridgehead atoms.